The fraction of sp³-hybridized carbons (Fsp3) is 0.310. The van der Waals surface area contributed by atoms with Gasteiger partial charge in [0.25, 0.3) is 0 Å². The highest BCUT2D eigenvalue weighted by Gasteiger charge is 2.27. The molecule has 0 unspecified atom stereocenters. The zero-order valence-corrected chi connectivity index (χ0v) is 24.1. The summed E-state index contributed by atoms with van der Waals surface area (Å²) in [7, 11) is 3.02. The molecule has 2 aromatic carbocycles. The number of amides is 1. The molecule has 1 amide bonds. The maximum absolute atomic E-state index is 12.9. The van der Waals surface area contributed by atoms with E-state index in [9.17, 15) is 9.59 Å². The summed E-state index contributed by atoms with van der Waals surface area (Å²) in [4.78, 5) is 26.6. The molecular weight excluding hydrogens is 546 g/mol. The average molecular weight is 578 g/mol. The van der Waals surface area contributed by atoms with Crippen LogP contribution in [0.5, 0.6) is 5.75 Å². The molecule has 1 aliphatic carbocycles. The highest BCUT2D eigenvalue weighted by Crippen LogP contribution is 2.38. The van der Waals surface area contributed by atoms with E-state index in [1.165, 1.54) is 35.1 Å². The molecule has 0 saturated carbocycles. The fourth-order valence-electron chi connectivity index (χ4n) is 4.63. The van der Waals surface area contributed by atoms with E-state index in [-0.39, 0.29) is 12.3 Å². The molecule has 0 atom stereocenters. The van der Waals surface area contributed by atoms with Crippen molar-refractivity contribution in [3.05, 3.63) is 76.4 Å². The Kier molecular flexibility index (Phi) is 9.02. The zero-order chi connectivity index (χ0) is 27.9. The van der Waals surface area contributed by atoms with E-state index < -0.39 is 5.97 Å². The van der Waals surface area contributed by atoms with Crippen LogP contribution in [0.2, 0.25) is 0 Å². The van der Waals surface area contributed by atoms with Crippen molar-refractivity contribution in [3.8, 4) is 11.4 Å². The topological polar surface area (TPSA) is 107 Å². The first-order chi connectivity index (χ1) is 19.6. The second kappa shape index (κ2) is 13.0. The number of benzene rings is 2. The first kappa shape index (κ1) is 27.7. The van der Waals surface area contributed by atoms with Gasteiger partial charge in [-0.2, -0.15) is 0 Å². The Morgan fingerprint density at radius 2 is 1.80 bits per heavy atom. The number of nitrogens with one attached hydrogen (secondary N) is 2. The minimum Gasteiger partial charge on any atom is -0.497 e. The number of esters is 1. The largest absolute Gasteiger partial charge is 0.497 e. The number of anilines is 2. The number of hydrogen-bond donors (Lipinski definition) is 2. The van der Waals surface area contributed by atoms with Crippen LogP contribution in [0.4, 0.5) is 10.7 Å². The third-order valence-electron chi connectivity index (χ3n) is 6.63. The summed E-state index contributed by atoms with van der Waals surface area (Å²) in [5.74, 6) is 1.50. The van der Waals surface area contributed by atoms with Crippen LogP contribution in [-0.4, -0.2) is 46.6 Å². The quantitative estimate of drug-likeness (QED) is 0.172. The first-order valence-electron chi connectivity index (χ1n) is 13.1. The minimum absolute atomic E-state index is 0.150. The maximum atomic E-state index is 12.9. The van der Waals surface area contributed by atoms with Gasteiger partial charge in [-0.15, -0.1) is 21.5 Å². The number of rotatable bonds is 11. The Balaban J connectivity index is 1.25. The Bertz CT molecular complexity index is 1470. The van der Waals surface area contributed by atoms with Crippen molar-refractivity contribution < 1.29 is 19.1 Å². The summed E-state index contributed by atoms with van der Waals surface area (Å²) < 4.78 is 12.3. The lowest BCUT2D eigenvalue weighted by atomic mass is 9.95. The molecule has 9 nitrogen and oxygen atoms in total. The van der Waals surface area contributed by atoms with Crippen molar-refractivity contribution in [3.63, 3.8) is 0 Å². The number of thiophene rings is 1. The summed E-state index contributed by atoms with van der Waals surface area (Å²) >= 11 is 2.96. The Hall–Kier alpha value is -3.83. The van der Waals surface area contributed by atoms with Crippen LogP contribution in [0.3, 0.4) is 0 Å². The van der Waals surface area contributed by atoms with Crippen LogP contribution in [0.25, 0.3) is 5.69 Å². The molecule has 0 radical (unpaired) electrons. The second-order valence-corrected chi connectivity index (χ2v) is 11.4. The molecule has 11 heteroatoms. The number of carbonyl (C=O) groups is 2. The molecule has 0 aliphatic heterocycles. The number of para-hydroxylation sites is 1. The summed E-state index contributed by atoms with van der Waals surface area (Å²) in [5, 5.41) is 16.5. The third-order valence-corrected chi connectivity index (χ3v) is 8.77. The van der Waals surface area contributed by atoms with E-state index >= 15 is 0 Å². The minimum atomic E-state index is -0.393. The van der Waals surface area contributed by atoms with Gasteiger partial charge in [0.05, 0.1) is 26.3 Å². The SMILES string of the molecule is COC(=O)c1c(NC(=O)CCSc2nnc(CNc3ccc(OC)cc3)n2-c2ccccc2)sc2c1CCCC2. The Labute approximate surface area is 241 Å². The number of hydrogen-bond acceptors (Lipinski definition) is 9. The van der Waals surface area contributed by atoms with Crippen molar-refractivity contribution in [1.82, 2.24) is 14.8 Å². The van der Waals surface area contributed by atoms with Crippen LogP contribution in [0.1, 0.15) is 45.9 Å². The molecule has 2 N–H and O–H groups in total. The Morgan fingerprint density at radius 3 is 2.55 bits per heavy atom. The zero-order valence-electron chi connectivity index (χ0n) is 22.4. The van der Waals surface area contributed by atoms with Crippen molar-refractivity contribution >= 4 is 45.7 Å². The van der Waals surface area contributed by atoms with E-state index in [0.29, 0.717) is 28.0 Å². The third kappa shape index (κ3) is 6.31. The molecule has 0 saturated heterocycles. The maximum Gasteiger partial charge on any atom is 0.341 e. The number of fused-ring (bicyclic) bond motifs is 1. The van der Waals surface area contributed by atoms with Gasteiger partial charge in [-0.1, -0.05) is 30.0 Å². The molecule has 0 fully saturated rings. The predicted octanol–water partition coefficient (Wildman–Crippen LogP) is 5.74. The number of nitrogens with zero attached hydrogens (tertiary/aromatic N) is 3. The molecule has 5 rings (SSSR count). The number of ether oxygens (including phenoxy) is 2. The van der Waals surface area contributed by atoms with Gasteiger partial charge >= 0.3 is 5.97 Å². The monoisotopic (exact) mass is 577 g/mol. The highest BCUT2D eigenvalue weighted by molar-refractivity contribution is 7.99. The normalized spacial score (nSPS) is 12.4. The lowest BCUT2D eigenvalue weighted by Crippen LogP contribution is -2.15. The number of aryl methyl sites for hydroxylation is 1. The van der Waals surface area contributed by atoms with E-state index in [2.05, 4.69) is 20.8 Å². The first-order valence-corrected chi connectivity index (χ1v) is 14.9. The van der Waals surface area contributed by atoms with Crippen LogP contribution >= 0.6 is 23.1 Å². The molecule has 4 aromatic rings. The number of carbonyl (C=O) groups excluding carboxylic acids is 2. The van der Waals surface area contributed by atoms with Gasteiger partial charge in [-0.05, 0) is 67.6 Å². The molecular formula is C29H31N5O4S2. The van der Waals surface area contributed by atoms with Gasteiger partial charge in [0.2, 0.25) is 5.91 Å². The molecule has 0 spiro atoms. The predicted molar refractivity (Wildman–Crippen MR) is 158 cm³/mol. The smallest absolute Gasteiger partial charge is 0.341 e. The van der Waals surface area contributed by atoms with Crippen molar-refractivity contribution in [1.29, 1.82) is 0 Å². The van der Waals surface area contributed by atoms with Gasteiger partial charge < -0.3 is 20.1 Å². The van der Waals surface area contributed by atoms with Crippen LogP contribution in [0.15, 0.2) is 59.8 Å². The number of methoxy groups -OCH3 is 2. The Morgan fingerprint density at radius 1 is 1.02 bits per heavy atom. The second-order valence-electron chi connectivity index (χ2n) is 9.21. The van der Waals surface area contributed by atoms with Gasteiger partial charge in [0, 0.05) is 28.4 Å². The molecule has 2 heterocycles. The summed E-state index contributed by atoms with van der Waals surface area (Å²) in [6, 6.07) is 17.6. The van der Waals surface area contributed by atoms with E-state index in [0.717, 1.165) is 54.2 Å². The van der Waals surface area contributed by atoms with Gasteiger partial charge in [0.1, 0.15) is 10.8 Å². The number of aromatic nitrogens is 3. The van der Waals surface area contributed by atoms with Gasteiger partial charge in [-0.25, -0.2) is 4.79 Å². The van der Waals surface area contributed by atoms with Crippen molar-refractivity contribution in [2.75, 3.05) is 30.6 Å². The van der Waals surface area contributed by atoms with E-state index in [4.69, 9.17) is 9.47 Å². The molecule has 208 valence electrons. The summed E-state index contributed by atoms with van der Waals surface area (Å²) in [5.41, 5.74) is 3.43. The van der Waals surface area contributed by atoms with Gasteiger partial charge in [0.15, 0.2) is 11.0 Å². The van der Waals surface area contributed by atoms with Crippen LogP contribution in [0, 0.1) is 0 Å². The summed E-state index contributed by atoms with van der Waals surface area (Å²) in [6.07, 6.45) is 4.16. The molecule has 0 bridgehead atoms. The summed E-state index contributed by atoms with van der Waals surface area (Å²) in [6.45, 7) is 0.467. The molecule has 2 aromatic heterocycles. The van der Waals surface area contributed by atoms with Crippen molar-refractivity contribution in [2.24, 2.45) is 0 Å². The molecule has 40 heavy (non-hydrogen) atoms. The van der Waals surface area contributed by atoms with E-state index in [1.54, 1.807) is 7.11 Å². The van der Waals surface area contributed by atoms with Crippen LogP contribution in [-0.2, 0) is 28.9 Å². The van der Waals surface area contributed by atoms with E-state index in [1.807, 2.05) is 59.2 Å². The lowest BCUT2D eigenvalue weighted by Gasteiger charge is -2.12. The van der Waals surface area contributed by atoms with Gasteiger partial charge in [-0.3, -0.25) is 9.36 Å². The number of thioether (sulfide) groups is 1. The molecule has 1 aliphatic rings. The standard InChI is InChI=1S/C29H31N5O4S2/c1-37-21-14-12-19(13-15-21)30-18-24-32-33-29(34(24)20-8-4-3-5-9-20)39-17-16-25(35)31-27-26(28(36)38-2)22-10-6-7-11-23(22)40-27/h3-5,8-9,12-15,30H,6-7,10-11,16-18H2,1-2H3,(H,31,35). The fourth-order valence-corrected chi connectivity index (χ4v) is 6.83. The average Bonchev–Trinajstić information content (AvgIpc) is 3.57. The highest BCUT2D eigenvalue weighted by atomic mass is 32.2. The lowest BCUT2D eigenvalue weighted by molar-refractivity contribution is -0.115. The van der Waals surface area contributed by atoms with Crippen LogP contribution < -0.4 is 15.4 Å². The van der Waals surface area contributed by atoms with Crippen molar-refractivity contribution in [2.45, 2.75) is 43.8 Å².